The van der Waals surface area contributed by atoms with Gasteiger partial charge in [-0.15, -0.1) is 11.3 Å². The largest absolute Gasteiger partial charge is 0.462 e. The Labute approximate surface area is 98.3 Å². The molecule has 4 heteroatoms. The molecule has 16 heavy (non-hydrogen) atoms. The molecule has 0 atom stereocenters. The van der Waals surface area contributed by atoms with Crippen LogP contribution in [0.1, 0.15) is 34.9 Å². The molecule has 84 valence electrons. The van der Waals surface area contributed by atoms with Gasteiger partial charge in [0.15, 0.2) is 10.8 Å². The molecule has 1 saturated carbocycles. The van der Waals surface area contributed by atoms with E-state index in [0.29, 0.717) is 12.5 Å². The van der Waals surface area contributed by atoms with Gasteiger partial charge in [-0.05, 0) is 31.4 Å². The lowest BCUT2D eigenvalue weighted by Crippen LogP contribution is -1.96. The number of aryl methyl sites for hydroxylation is 1. The second kappa shape index (κ2) is 3.71. The Morgan fingerprint density at radius 2 is 2.38 bits per heavy atom. The maximum atomic E-state index is 5.76. The lowest BCUT2D eigenvalue weighted by atomic mass is 10.2. The summed E-state index contributed by atoms with van der Waals surface area (Å²) in [6, 6.07) is 1.97. The standard InChI is InChI=1S/C12H14N2OS/c1-7-4-5-15-11(7)12-14-10(8-2-3-8)9(6-13)16-12/h4-5,8H,2-3,6,13H2,1H3. The van der Waals surface area contributed by atoms with Crippen molar-refractivity contribution < 1.29 is 4.42 Å². The van der Waals surface area contributed by atoms with E-state index >= 15 is 0 Å². The molecule has 1 aliphatic rings. The highest BCUT2D eigenvalue weighted by molar-refractivity contribution is 7.15. The molecule has 1 aliphatic carbocycles. The lowest BCUT2D eigenvalue weighted by Gasteiger charge is -1.93. The van der Waals surface area contributed by atoms with Crippen LogP contribution in [-0.2, 0) is 6.54 Å². The first kappa shape index (κ1) is 10.1. The topological polar surface area (TPSA) is 52.0 Å². The SMILES string of the molecule is Cc1ccoc1-c1nc(C2CC2)c(CN)s1. The van der Waals surface area contributed by atoms with E-state index in [2.05, 4.69) is 0 Å². The molecular weight excluding hydrogens is 220 g/mol. The second-order valence-corrected chi connectivity index (χ2v) is 5.32. The molecule has 2 aromatic heterocycles. The number of aromatic nitrogens is 1. The van der Waals surface area contributed by atoms with Gasteiger partial charge in [-0.25, -0.2) is 4.98 Å². The van der Waals surface area contributed by atoms with E-state index in [1.165, 1.54) is 23.4 Å². The molecule has 0 aliphatic heterocycles. The zero-order valence-electron chi connectivity index (χ0n) is 9.19. The smallest absolute Gasteiger partial charge is 0.165 e. The first-order valence-electron chi connectivity index (χ1n) is 5.53. The average Bonchev–Trinajstić information content (AvgIpc) is 2.90. The van der Waals surface area contributed by atoms with Crippen LogP contribution in [0.2, 0.25) is 0 Å². The fourth-order valence-corrected chi connectivity index (χ4v) is 2.95. The first-order valence-corrected chi connectivity index (χ1v) is 6.35. The molecule has 0 spiro atoms. The van der Waals surface area contributed by atoms with E-state index in [-0.39, 0.29) is 0 Å². The number of hydrogen-bond donors (Lipinski definition) is 1. The van der Waals surface area contributed by atoms with Crippen LogP contribution in [0.25, 0.3) is 10.8 Å². The van der Waals surface area contributed by atoms with Crippen LogP contribution in [0.4, 0.5) is 0 Å². The van der Waals surface area contributed by atoms with Crippen LogP contribution in [0.3, 0.4) is 0 Å². The minimum absolute atomic E-state index is 0.587. The predicted molar refractivity (Wildman–Crippen MR) is 64.4 cm³/mol. The molecule has 2 heterocycles. The molecular formula is C12H14N2OS. The normalized spacial score (nSPS) is 15.6. The van der Waals surface area contributed by atoms with Crippen molar-refractivity contribution in [1.29, 1.82) is 0 Å². The number of hydrogen-bond acceptors (Lipinski definition) is 4. The van der Waals surface area contributed by atoms with Crippen LogP contribution in [0.15, 0.2) is 16.7 Å². The zero-order valence-corrected chi connectivity index (χ0v) is 10.0. The highest BCUT2D eigenvalue weighted by atomic mass is 32.1. The number of rotatable bonds is 3. The Balaban J connectivity index is 2.05. The van der Waals surface area contributed by atoms with Gasteiger partial charge < -0.3 is 10.2 Å². The average molecular weight is 234 g/mol. The van der Waals surface area contributed by atoms with Gasteiger partial charge in [-0.1, -0.05) is 0 Å². The summed E-state index contributed by atoms with van der Waals surface area (Å²) in [6.45, 7) is 2.63. The summed E-state index contributed by atoms with van der Waals surface area (Å²) in [7, 11) is 0. The Morgan fingerprint density at radius 3 is 2.94 bits per heavy atom. The minimum Gasteiger partial charge on any atom is -0.462 e. The van der Waals surface area contributed by atoms with Crippen molar-refractivity contribution in [1.82, 2.24) is 4.98 Å². The molecule has 0 radical (unpaired) electrons. The monoisotopic (exact) mass is 234 g/mol. The Hall–Kier alpha value is -1.13. The number of nitrogens with zero attached hydrogens (tertiary/aromatic N) is 1. The van der Waals surface area contributed by atoms with Gasteiger partial charge in [0.25, 0.3) is 0 Å². The first-order chi connectivity index (χ1) is 7.79. The van der Waals surface area contributed by atoms with Gasteiger partial charge in [0.1, 0.15) is 0 Å². The molecule has 2 aromatic rings. The number of thiazole rings is 1. The fourth-order valence-electron chi connectivity index (χ4n) is 1.87. The third-order valence-corrected chi connectivity index (χ3v) is 4.03. The number of furan rings is 1. The molecule has 3 rings (SSSR count). The van der Waals surface area contributed by atoms with Crippen LogP contribution in [-0.4, -0.2) is 4.98 Å². The van der Waals surface area contributed by atoms with Crippen molar-refractivity contribution in [3.05, 3.63) is 28.5 Å². The van der Waals surface area contributed by atoms with E-state index in [4.69, 9.17) is 15.1 Å². The van der Waals surface area contributed by atoms with Crippen LogP contribution >= 0.6 is 11.3 Å². The molecule has 2 N–H and O–H groups in total. The quantitative estimate of drug-likeness (QED) is 0.888. The van der Waals surface area contributed by atoms with Crippen molar-refractivity contribution in [3.8, 4) is 10.8 Å². The van der Waals surface area contributed by atoms with Crippen LogP contribution < -0.4 is 5.73 Å². The van der Waals surface area contributed by atoms with Crippen molar-refractivity contribution in [2.45, 2.75) is 32.2 Å². The zero-order chi connectivity index (χ0) is 11.1. The Morgan fingerprint density at radius 1 is 1.56 bits per heavy atom. The second-order valence-electron chi connectivity index (χ2n) is 4.24. The maximum Gasteiger partial charge on any atom is 0.165 e. The van der Waals surface area contributed by atoms with Gasteiger partial charge >= 0.3 is 0 Å². The fraction of sp³-hybridized carbons (Fsp3) is 0.417. The van der Waals surface area contributed by atoms with Crippen molar-refractivity contribution in [2.24, 2.45) is 5.73 Å². The molecule has 0 unspecified atom stereocenters. The van der Waals surface area contributed by atoms with Gasteiger partial charge in [-0.3, -0.25) is 0 Å². The summed E-state index contributed by atoms with van der Waals surface area (Å²) >= 11 is 1.67. The Kier molecular flexibility index (Phi) is 2.33. The molecule has 0 aromatic carbocycles. The third-order valence-electron chi connectivity index (χ3n) is 2.93. The summed E-state index contributed by atoms with van der Waals surface area (Å²) in [5.41, 5.74) is 8.11. The lowest BCUT2D eigenvalue weighted by molar-refractivity contribution is 0.580. The Bertz CT molecular complexity index is 511. The summed E-state index contributed by atoms with van der Waals surface area (Å²) in [5.74, 6) is 1.55. The minimum atomic E-state index is 0.587. The summed E-state index contributed by atoms with van der Waals surface area (Å²) in [6.07, 6.45) is 4.23. The van der Waals surface area contributed by atoms with E-state index in [9.17, 15) is 0 Å². The van der Waals surface area contributed by atoms with E-state index in [1.807, 2.05) is 13.0 Å². The molecule has 1 fully saturated rings. The highest BCUT2D eigenvalue weighted by Crippen LogP contribution is 2.44. The summed E-state index contributed by atoms with van der Waals surface area (Å²) in [4.78, 5) is 5.91. The van der Waals surface area contributed by atoms with Crippen molar-refractivity contribution in [3.63, 3.8) is 0 Å². The molecule has 0 saturated heterocycles. The molecule has 0 bridgehead atoms. The predicted octanol–water partition coefficient (Wildman–Crippen LogP) is 3.05. The van der Waals surface area contributed by atoms with Gasteiger partial charge in [-0.2, -0.15) is 0 Å². The third kappa shape index (κ3) is 1.58. The van der Waals surface area contributed by atoms with Crippen molar-refractivity contribution in [2.75, 3.05) is 0 Å². The summed E-state index contributed by atoms with van der Waals surface area (Å²) in [5, 5.41) is 0.977. The summed E-state index contributed by atoms with van der Waals surface area (Å²) < 4.78 is 5.47. The van der Waals surface area contributed by atoms with Gasteiger partial charge in [0.2, 0.25) is 0 Å². The number of nitrogens with two attached hydrogens (primary N) is 1. The highest BCUT2D eigenvalue weighted by Gasteiger charge is 2.29. The van der Waals surface area contributed by atoms with E-state index in [1.54, 1.807) is 17.6 Å². The van der Waals surface area contributed by atoms with E-state index in [0.717, 1.165) is 16.3 Å². The van der Waals surface area contributed by atoms with Crippen LogP contribution in [0.5, 0.6) is 0 Å². The maximum absolute atomic E-state index is 5.76. The van der Waals surface area contributed by atoms with E-state index < -0.39 is 0 Å². The van der Waals surface area contributed by atoms with Gasteiger partial charge in [0.05, 0.1) is 12.0 Å². The van der Waals surface area contributed by atoms with Crippen molar-refractivity contribution >= 4 is 11.3 Å². The van der Waals surface area contributed by atoms with Gasteiger partial charge in [0, 0.05) is 17.3 Å². The molecule has 3 nitrogen and oxygen atoms in total. The molecule has 0 amide bonds. The van der Waals surface area contributed by atoms with Crippen LogP contribution in [0, 0.1) is 6.92 Å².